The van der Waals surface area contributed by atoms with Crippen LogP contribution >= 0.6 is 0 Å². The first-order chi connectivity index (χ1) is 23.0. The van der Waals surface area contributed by atoms with E-state index in [1.165, 1.54) is 75.2 Å². The second-order valence-electron chi connectivity index (χ2n) is 18.5. The summed E-state index contributed by atoms with van der Waals surface area (Å²) in [5, 5.41) is 3.12. The molecule has 0 aliphatic heterocycles. The summed E-state index contributed by atoms with van der Waals surface area (Å²) >= 11 is 0. The SMILES string of the molecule is C=C(C)[C@@H]1CC[C@]2(/C=C/C(=O)NCCN(C)C)CC[C@]3(C)[C@H](CC[C@@H]4[C@@]5(C)CC=C(c6ccc(C(=O)OC)cc6)C(C)(C)[C@@H]5CC[C@]43C)[C@@H]12. The van der Waals surface area contributed by atoms with Gasteiger partial charge in [0.2, 0.25) is 5.91 Å². The molecule has 268 valence electrons. The van der Waals surface area contributed by atoms with Crippen LogP contribution < -0.4 is 5.32 Å². The molecule has 0 aromatic heterocycles. The van der Waals surface area contributed by atoms with Gasteiger partial charge in [-0.3, -0.25) is 4.79 Å². The summed E-state index contributed by atoms with van der Waals surface area (Å²) < 4.78 is 4.96. The Hall–Kier alpha value is -2.66. The largest absolute Gasteiger partial charge is 0.465 e. The van der Waals surface area contributed by atoms with Gasteiger partial charge in [0.25, 0.3) is 0 Å². The van der Waals surface area contributed by atoms with Crippen LogP contribution in [0.25, 0.3) is 5.57 Å². The minimum absolute atomic E-state index is 0.0367. The maximum atomic E-state index is 13.0. The number of hydrogen-bond donors (Lipinski definition) is 1. The number of benzene rings is 1. The van der Waals surface area contributed by atoms with E-state index in [4.69, 9.17) is 4.74 Å². The first-order valence-electron chi connectivity index (χ1n) is 19.2. The molecule has 4 saturated carbocycles. The summed E-state index contributed by atoms with van der Waals surface area (Å²) in [4.78, 5) is 27.2. The van der Waals surface area contributed by atoms with Gasteiger partial charge in [-0.1, -0.05) is 71.1 Å². The third kappa shape index (κ3) is 5.69. The Kier molecular flexibility index (Phi) is 9.47. The summed E-state index contributed by atoms with van der Waals surface area (Å²) in [5.41, 5.74) is 5.51. The standard InChI is InChI=1S/C44H64N2O3/c1-29(2)32-17-23-44(24-20-37(47)45-27-28-46(8)9)26-25-42(6)34(38(32)44)15-16-36-41(5)21-18-33(30-11-13-31(14-12-30)39(48)49-10)40(3,4)35(41)19-22-43(36,42)7/h11-14,18,20,24,32,34-36,38H,1,15-17,19,21-23,25-28H2,2-10H3,(H,45,47)/b24-20+/t32-,34+,35-,36+,38+,41-,42+,43+,44-/m0/s1. The highest BCUT2D eigenvalue weighted by atomic mass is 16.5. The van der Waals surface area contributed by atoms with Crippen LogP contribution in [0.5, 0.6) is 0 Å². The molecule has 0 radical (unpaired) electrons. The first-order valence-corrected chi connectivity index (χ1v) is 19.2. The Morgan fingerprint density at radius 1 is 0.939 bits per heavy atom. The Morgan fingerprint density at radius 3 is 2.31 bits per heavy atom. The Labute approximate surface area is 297 Å². The van der Waals surface area contributed by atoms with Gasteiger partial charge < -0.3 is 15.0 Å². The van der Waals surface area contributed by atoms with Gasteiger partial charge in [-0.2, -0.15) is 0 Å². The molecule has 1 N–H and O–H groups in total. The van der Waals surface area contributed by atoms with Crippen molar-refractivity contribution in [3.05, 3.63) is 65.8 Å². The molecule has 0 saturated heterocycles. The predicted octanol–water partition coefficient (Wildman–Crippen LogP) is 9.36. The van der Waals surface area contributed by atoms with Crippen LogP contribution in [0.2, 0.25) is 0 Å². The highest BCUT2D eigenvalue weighted by Crippen LogP contribution is 2.77. The predicted molar refractivity (Wildman–Crippen MR) is 201 cm³/mol. The Morgan fingerprint density at radius 2 is 1.65 bits per heavy atom. The number of nitrogens with one attached hydrogen (secondary N) is 1. The molecule has 49 heavy (non-hydrogen) atoms. The number of carbonyl (C=O) groups excluding carboxylic acids is 2. The third-order valence-electron chi connectivity index (χ3n) is 15.8. The van der Waals surface area contributed by atoms with E-state index in [1.807, 2.05) is 32.3 Å². The van der Waals surface area contributed by atoms with Gasteiger partial charge in [0.1, 0.15) is 0 Å². The number of carbonyl (C=O) groups is 2. The molecule has 9 atom stereocenters. The number of likely N-dealkylation sites (N-methyl/N-ethyl adjacent to an activating group) is 1. The molecule has 0 spiro atoms. The number of amides is 1. The number of hydrogen-bond acceptors (Lipinski definition) is 4. The molecule has 1 amide bonds. The number of rotatable bonds is 8. The van der Waals surface area contributed by atoms with Crippen molar-refractivity contribution < 1.29 is 14.3 Å². The zero-order chi connectivity index (χ0) is 35.6. The summed E-state index contributed by atoms with van der Waals surface area (Å²) in [6.45, 7) is 21.4. The highest BCUT2D eigenvalue weighted by Gasteiger charge is 2.70. The number of fused-ring (bicyclic) bond motifs is 7. The van der Waals surface area contributed by atoms with Gasteiger partial charge in [-0.05, 0) is 165 Å². The van der Waals surface area contributed by atoms with Gasteiger partial charge in [-0.15, -0.1) is 0 Å². The van der Waals surface area contributed by atoms with Gasteiger partial charge >= 0.3 is 5.97 Å². The molecule has 6 rings (SSSR count). The smallest absolute Gasteiger partial charge is 0.337 e. The highest BCUT2D eigenvalue weighted by molar-refractivity contribution is 5.90. The van der Waals surface area contributed by atoms with Gasteiger partial charge in [0.05, 0.1) is 12.7 Å². The van der Waals surface area contributed by atoms with Crippen molar-refractivity contribution >= 4 is 17.4 Å². The fraction of sp³-hybridized carbons (Fsp3) is 0.682. The van der Waals surface area contributed by atoms with Crippen LogP contribution in [0, 0.1) is 56.7 Å². The van der Waals surface area contributed by atoms with Crippen LogP contribution in [0.1, 0.15) is 115 Å². The molecular formula is C44H64N2O3. The minimum Gasteiger partial charge on any atom is -0.465 e. The maximum Gasteiger partial charge on any atom is 0.337 e. The van der Waals surface area contributed by atoms with E-state index in [-0.39, 0.29) is 39.0 Å². The zero-order valence-electron chi connectivity index (χ0n) is 32.1. The molecule has 5 nitrogen and oxygen atoms in total. The number of esters is 1. The van der Waals surface area contributed by atoms with Crippen molar-refractivity contribution in [2.75, 3.05) is 34.3 Å². The topological polar surface area (TPSA) is 58.6 Å². The summed E-state index contributed by atoms with van der Waals surface area (Å²) in [5.74, 6) is 2.78. The lowest BCUT2D eigenvalue weighted by Crippen LogP contribution is -2.65. The van der Waals surface area contributed by atoms with Crippen LogP contribution in [-0.2, 0) is 9.53 Å². The van der Waals surface area contributed by atoms with Crippen LogP contribution in [-0.4, -0.2) is 51.1 Å². The number of nitrogens with zero attached hydrogens (tertiary/aromatic N) is 1. The quantitative estimate of drug-likeness (QED) is 0.170. The van der Waals surface area contributed by atoms with E-state index in [0.717, 1.165) is 13.0 Å². The molecule has 5 heteroatoms. The molecule has 0 heterocycles. The molecule has 0 unspecified atom stereocenters. The lowest BCUT2D eigenvalue weighted by Gasteiger charge is -2.72. The zero-order valence-corrected chi connectivity index (χ0v) is 32.1. The molecule has 5 aliphatic rings. The van der Waals surface area contributed by atoms with Gasteiger partial charge in [0.15, 0.2) is 0 Å². The molecular weight excluding hydrogens is 604 g/mol. The van der Waals surface area contributed by atoms with Crippen molar-refractivity contribution in [2.24, 2.45) is 56.7 Å². The lowest BCUT2D eigenvalue weighted by molar-refractivity contribution is -0.221. The fourth-order valence-electron chi connectivity index (χ4n) is 13.2. The van der Waals surface area contributed by atoms with E-state index in [0.29, 0.717) is 41.7 Å². The van der Waals surface area contributed by atoms with Gasteiger partial charge in [0, 0.05) is 13.1 Å². The monoisotopic (exact) mass is 668 g/mol. The second kappa shape index (κ2) is 12.8. The second-order valence-corrected chi connectivity index (χ2v) is 18.5. The summed E-state index contributed by atoms with van der Waals surface area (Å²) in [7, 11) is 5.53. The first kappa shape index (κ1) is 36.1. The molecule has 1 aromatic carbocycles. The molecule has 5 aliphatic carbocycles. The van der Waals surface area contributed by atoms with E-state index in [9.17, 15) is 9.59 Å². The normalized spacial score (nSPS) is 39.3. The lowest BCUT2D eigenvalue weighted by atomic mass is 9.32. The van der Waals surface area contributed by atoms with Crippen molar-refractivity contribution in [3.8, 4) is 0 Å². The maximum absolute atomic E-state index is 13.0. The van der Waals surface area contributed by atoms with E-state index in [1.54, 1.807) is 0 Å². The van der Waals surface area contributed by atoms with Crippen molar-refractivity contribution in [1.29, 1.82) is 0 Å². The average Bonchev–Trinajstić information content (AvgIpc) is 3.44. The molecule has 1 aromatic rings. The van der Waals surface area contributed by atoms with Crippen molar-refractivity contribution in [2.45, 2.75) is 99.3 Å². The number of methoxy groups -OCH3 is 1. The number of ether oxygens (including phenoxy) is 1. The van der Waals surface area contributed by atoms with E-state index < -0.39 is 0 Å². The summed E-state index contributed by atoms with van der Waals surface area (Å²) in [6.07, 6.45) is 17.8. The number of allylic oxidation sites excluding steroid dienone is 4. The van der Waals surface area contributed by atoms with Crippen LogP contribution in [0.15, 0.2) is 54.6 Å². The van der Waals surface area contributed by atoms with Crippen molar-refractivity contribution in [3.63, 3.8) is 0 Å². The Balaban J connectivity index is 1.29. The molecule has 4 fully saturated rings. The van der Waals surface area contributed by atoms with Crippen LogP contribution in [0.4, 0.5) is 0 Å². The van der Waals surface area contributed by atoms with Crippen LogP contribution in [0.3, 0.4) is 0 Å². The minimum atomic E-state index is -0.282. The third-order valence-corrected chi connectivity index (χ3v) is 15.8. The average molecular weight is 669 g/mol. The fourth-order valence-corrected chi connectivity index (χ4v) is 13.2. The Bertz CT molecular complexity index is 1520. The van der Waals surface area contributed by atoms with Crippen molar-refractivity contribution in [1.82, 2.24) is 10.2 Å². The summed E-state index contributed by atoms with van der Waals surface area (Å²) in [6, 6.07) is 8.08. The molecule has 0 bridgehead atoms. The van der Waals surface area contributed by atoms with Gasteiger partial charge in [-0.25, -0.2) is 4.79 Å². The van der Waals surface area contributed by atoms with E-state index in [2.05, 4.69) is 82.6 Å². The van der Waals surface area contributed by atoms with E-state index >= 15 is 0 Å².